The summed E-state index contributed by atoms with van der Waals surface area (Å²) in [7, 11) is 0. The Kier molecular flexibility index (Phi) is 4.15. The largest absolute Gasteiger partial charge is 0.462 e. The van der Waals surface area contributed by atoms with E-state index in [0.717, 1.165) is 0 Å². The van der Waals surface area contributed by atoms with Crippen molar-refractivity contribution in [2.45, 2.75) is 6.92 Å². The number of ether oxygens (including phenoxy) is 2. The summed E-state index contributed by atoms with van der Waals surface area (Å²) in [4.78, 5) is 13.8. The van der Waals surface area contributed by atoms with Crippen LogP contribution < -0.4 is 4.90 Å². The molecule has 1 heterocycles. The van der Waals surface area contributed by atoms with Crippen LogP contribution in [0, 0.1) is 5.82 Å². The van der Waals surface area contributed by atoms with Crippen LogP contribution in [0.25, 0.3) is 0 Å². The normalized spacial score (nSPS) is 15.6. The SMILES string of the molecule is CCOC(=O)c1ccc(F)cc1N1CCOCC1. The van der Waals surface area contributed by atoms with E-state index in [1.54, 1.807) is 6.92 Å². The Morgan fingerprint density at radius 2 is 2.17 bits per heavy atom. The van der Waals surface area contributed by atoms with E-state index in [9.17, 15) is 9.18 Å². The highest BCUT2D eigenvalue weighted by atomic mass is 19.1. The maximum atomic E-state index is 13.3. The van der Waals surface area contributed by atoms with Gasteiger partial charge in [0.1, 0.15) is 5.82 Å². The highest BCUT2D eigenvalue weighted by molar-refractivity contribution is 5.95. The van der Waals surface area contributed by atoms with Gasteiger partial charge in [-0.1, -0.05) is 0 Å². The topological polar surface area (TPSA) is 38.8 Å². The molecule has 98 valence electrons. The molecule has 0 radical (unpaired) electrons. The number of hydrogen-bond acceptors (Lipinski definition) is 4. The van der Waals surface area contributed by atoms with Gasteiger partial charge < -0.3 is 14.4 Å². The molecular formula is C13H16FNO3. The fourth-order valence-electron chi connectivity index (χ4n) is 1.95. The minimum atomic E-state index is -0.418. The molecule has 1 aliphatic heterocycles. The third-order valence-electron chi connectivity index (χ3n) is 2.81. The second-order valence-corrected chi connectivity index (χ2v) is 3.98. The first-order valence-electron chi connectivity index (χ1n) is 6.01. The van der Waals surface area contributed by atoms with Gasteiger partial charge in [0, 0.05) is 13.1 Å². The molecule has 5 heteroatoms. The van der Waals surface area contributed by atoms with Crippen LogP contribution in [0.3, 0.4) is 0 Å². The minimum Gasteiger partial charge on any atom is -0.462 e. The molecule has 0 saturated carbocycles. The van der Waals surface area contributed by atoms with Crippen LogP contribution in [-0.2, 0) is 9.47 Å². The van der Waals surface area contributed by atoms with Crippen molar-refractivity contribution in [2.24, 2.45) is 0 Å². The van der Waals surface area contributed by atoms with Gasteiger partial charge in [-0.05, 0) is 25.1 Å². The van der Waals surface area contributed by atoms with Crippen molar-refractivity contribution in [3.8, 4) is 0 Å². The van der Waals surface area contributed by atoms with E-state index in [0.29, 0.717) is 44.2 Å². The van der Waals surface area contributed by atoms with Crippen molar-refractivity contribution < 1.29 is 18.7 Å². The molecule has 0 unspecified atom stereocenters. The molecule has 1 aliphatic rings. The van der Waals surface area contributed by atoms with Crippen molar-refractivity contribution >= 4 is 11.7 Å². The number of carbonyl (C=O) groups excluding carboxylic acids is 1. The van der Waals surface area contributed by atoms with Crippen molar-refractivity contribution in [1.29, 1.82) is 0 Å². The van der Waals surface area contributed by atoms with Gasteiger partial charge in [0.15, 0.2) is 0 Å². The molecule has 1 aromatic carbocycles. The smallest absolute Gasteiger partial charge is 0.340 e. The maximum Gasteiger partial charge on any atom is 0.340 e. The van der Waals surface area contributed by atoms with Crippen LogP contribution in [0.1, 0.15) is 17.3 Å². The highest BCUT2D eigenvalue weighted by Gasteiger charge is 2.20. The van der Waals surface area contributed by atoms with E-state index in [2.05, 4.69) is 0 Å². The van der Waals surface area contributed by atoms with E-state index in [1.165, 1.54) is 18.2 Å². The molecule has 0 spiro atoms. The Bertz CT molecular complexity index is 430. The van der Waals surface area contributed by atoms with Crippen molar-refractivity contribution in [2.75, 3.05) is 37.8 Å². The van der Waals surface area contributed by atoms with E-state index in [-0.39, 0.29) is 5.82 Å². The Morgan fingerprint density at radius 3 is 2.83 bits per heavy atom. The number of morpholine rings is 1. The molecule has 1 saturated heterocycles. The van der Waals surface area contributed by atoms with Gasteiger partial charge in [-0.15, -0.1) is 0 Å². The lowest BCUT2D eigenvalue weighted by Crippen LogP contribution is -2.37. The lowest BCUT2D eigenvalue weighted by molar-refractivity contribution is 0.0526. The maximum absolute atomic E-state index is 13.3. The molecular weight excluding hydrogens is 237 g/mol. The predicted octanol–water partition coefficient (Wildman–Crippen LogP) is 1.84. The molecule has 2 rings (SSSR count). The van der Waals surface area contributed by atoms with E-state index >= 15 is 0 Å². The van der Waals surface area contributed by atoms with Crippen molar-refractivity contribution in [1.82, 2.24) is 0 Å². The van der Waals surface area contributed by atoms with Crippen LogP contribution in [0.2, 0.25) is 0 Å². The number of nitrogens with zero attached hydrogens (tertiary/aromatic N) is 1. The van der Waals surface area contributed by atoms with Gasteiger partial charge in [-0.3, -0.25) is 0 Å². The lowest BCUT2D eigenvalue weighted by Gasteiger charge is -2.30. The number of rotatable bonds is 3. The summed E-state index contributed by atoms with van der Waals surface area (Å²) in [6.45, 7) is 4.51. The van der Waals surface area contributed by atoms with Crippen LogP contribution in [0.15, 0.2) is 18.2 Å². The van der Waals surface area contributed by atoms with E-state index in [1.807, 2.05) is 4.90 Å². The van der Waals surface area contributed by atoms with E-state index < -0.39 is 5.97 Å². The molecule has 0 bridgehead atoms. The second-order valence-electron chi connectivity index (χ2n) is 3.98. The third kappa shape index (κ3) is 2.79. The molecule has 1 fully saturated rings. The second kappa shape index (κ2) is 5.82. The fourth-order valence-corrected chi connectivity index (χ4v) is 1.95. The standard InChI is InChI=1S/C13H16FNO3/c1-2-18-13(16)11-4-3-10(14)9-12(11)15-5-7-17-8-6-15/h3-4,9H,2,5-8H2,1H3. The Labute approximate surface area is 105 Å². The molecule has 0 N–H and O–H groups in total. The number of benzene rings is 1. The van der Waals surface area contributed by atoms with Crippen molar-refractivity contribution in [3.63, 3.8) is 0 Å². The number of anilines is 1. The zero-order chi connectivity index (χ0) is 13.0. The monoisotopic (exact) mass is 253 g/mol. The highest BCUT2D eigenvalue weighted by Crippen LogP contribution is 2.23. The number of carbonyl (C=O) groups is 1. The lowest BCUT2D eigenvalue weighted by atomic mass is 10.1. The van der Waals surface area contributed by atoms with Crippen LogP contribution in [0.5, 0.6) is 0 Å². The summed E-state index contributed by atoms with van der Waals surface area (Å²) in [6.07, 6.45) is 0. The predicted molar refractivity (Wildman–Crippen MR) is 65.4 cm³/mol. The van der Waals surface area contributed by atoms with Gasteiger partial charge >= 0.3 is 5.97 Å². The van der Waals surface area contributed by atoms with Crippen LogP contribution in [0.4, 0.5) is 10.1 Å². The summed E-state index contributed by atoms with van der Waals surface area (Å²) in [5.74, 6) is -0.775. The van der Waals surface area contributed by atoms with Crippen LogP contribution in [-0.4, -0.2) is 38.9 Å². The summed E-state index contributed by atoms with van der Waals surface area (Å²) in [5, 5.41) is 0. The quantitative estimate of drug-likeness (QED) is 0.770. The average molecular weight is 253 g/mol. The Balaban J connectivity index is 2.30. The number of esters is 1. The van der Waals surface area contributed by atoms with E-state index in [4.69, 9.17) is 9.47 Å². The number of hydrogen-bond donors (Lipinski definition) is 0. The summed E-state index contributed by atoms with van der Waals surface area (Å²) >= 11 is 0. The Hall–Kier alpha value is -1.62. The molecule has 0 atom stereocenters. The first-order valence-corrected chi connectivity index (χ1v) is 6.01. The minimum absolute atomic E-state index is 0.304. The number of halogens is 1. The summed E-state index contributed by atoms with van der Waals surface area (Å²) < 4.78 is 23.6. The molecule has 0 aliphatic carbocycles. The fraction of sp³-hybridized carbons (Fsp3) is 0.462. The summed E-state index contributed by atoms with van der Waals surface area (Å²) in [5.41, 5.74) is 0.983. The first kappa shape index (κ1) is 12.8. The van der Waals surface area contributed by atoms with Gasteiger partial charge in [0.25, 0.3) is 0 Å². The Morgan fingerprint density at radius 1 is 1.44 bits per heavy atom. The van der Waals surface area contributed by atoms with Gasteiger partial charge in [0.2, 0.25) is 0 Å². The molecule has 0 amide bonds. The van der Waals surface area contributed by atoms with Gasteiger partial charge in [0.05, 0.1) is 31.1 Å². The summed E-state index contributed by atoms with van der Waals surface area (Å²) in [6, 6.07) is 4.12. The third-order valence-corrected chi connectivity index (χ3v) is 2.81. The van der Waals surface area contributed by atoms with Gasteiger partial charge in [-0.25, -0.2) is 9.18 Å². The first-order chi connectivity index (χ1) is 8.72. The average Bonchev–Trinajstić information content (AvgIpc) is 2.40. The zero-order valence-corrected chi connectivity index (χ0v) is 10.3. The molecule has 4 nitrogen and oxygen atoms in total. The molecule has 18 heavy (non-hydrogen) atoms. The van der Waals surface area contributed by atoms with Crippen molar-refractivity contribution in [3.05, 3.63) is 29.6 Å². The molecule has 1 aromatic rings. The van der Waals surface area contributed by atoms with Gasteiger partial charge in [-0.2, -0.15) is 0 Å². The van der Waals surface area contributed by atoms with Crippen LogP contribution >= 0.6 is 0 Å². The molecule has 0 aromatic heterocycles. The zero-order valence-electron chi connectivity index (χ0n) is 10.3.